The van der Waals surface area contributed by atoms with Crippen LogP contribution in [0.3, 0.4) is 0 Å². The van der Waals surface area contributed by atoms with Crippen molar-refractivity contribution in [2.24, 2.45) is 0 Å². The first kappa shape index (κ1) is 42.6. The van der Waals surface area contributed by atoms with Crippen LogP contribution in [0.25, 0.3) is 11.1 Å². The van der Waals surface area contributed by atoms with Crippen LogP contribution in [0.5, 0.6) is 0 Å². The van der Waals surface area contributed by atoms with Gasteiger partial charge in [-0.05, 0) is 84.1 Å². The number of carbonyl (C=O) groups excluding carboxylic acids is 1. The molecule has 0 radical (unpaired) electrons. The molecule has 60 heavy (non-hydrogen) atoms. The zero-order chi connectivity index (χ0) is 41.9. The van der Waals surface area contributed by atoms with Gasteiger partial charge in [0.1, 0.15) is 6.04 Å². The van der Waals surface area contributed by atoms with Gasteiger partial charge >= 0.3 is 0 Å². The average molecular weight is 825 g/mol. The van der Waals surface area contributed by atoms with E-state index >= 15 is 0 Å². The van der Waals surface area contributed by atoms with Gasteiger partial charge in [-0.15, -0.1) is 0 Å². The maximum atomic E-state index is 13.7. The van der Waals surface area contributed by atoms with Crippen LogP contribution in [0.2, 0.25) is 0 Å². The van der Waals surface area contributed by atoms with Gasteiger partial charge in [-0.3, -0.25) is 9.78 Å². The Morgan fingerprint density at radius 3 is 2.23 bits per heavy atom. The van der Waals surface area contributed by atoms with Gasteiger partial charge in [-0.2, -0.15) is 4.72 Å². The predicted molar refractivity (Wildman–Crippen MR) is 233 cm³/mol. The molecule has 10 nitrogen and oxygen atoms in total. The van der Waals surface area contributed by atoms with Gasteiger partial charge in [0.2, 0.25) is 15.9 Å². The Balaban J connectivity index is 1.02. The summed E-state index contributed by atoms with van der Waals surface area (Å²) >= 11 is 0. The molecular formula is C49H52N4O6S. The van der Waals surface area contributed by atoms with E-state index in [0.717, 1.165) is 69.7 Å². The largest absolute Gasteiger partial charge is 0.392 e. The van der Waals surface area contributed by atoms with E-state index in [9.17, 15) is 18.3 Å². The normalized spacial score (nSPS) is 17.3. The molecule has 11 heteroatoms. The van der Waals surface area contributed by atoms with Crippen molar-refractivity contribution < 1.29 is 27.8 Å². The number of aliphatic hydroxyl groups is 1. The second-order valence-corrected chi connectivity index (χ2v) is 17.1. The number of aryl methyl sites for hydroxylation is 1. The van der Waals surface area contributed by atoms with Gasteiger partial charge in [-0.25, -0.2) is 8.42 Å². The van der Waals surface area contributed by atoms with Gasteiger partial charge in [0.25, 0.3) is 0 Å². The summed E-state index contributed by atoms with van der Waals surface area (Å²) < 4.78 is 42.6. The number of ether oxygens (including phenoxy) is 2. The van der Waals surface area contributed by atoms with Gasteiger partial charge in [-0.1, -0.05) is 121 Å². The zero-order valence-corrected chi connectivity index (χ0v) is 34.8. The summed E-state index contributed by atoms with van der Waals surface area (Å²) in [6.45, 7) is 3.66. The maximum absolute atomic E-state index is 13.7. The molecule has 310 valence electrons. The lowest BCUT2D eigenvalue weighted by Crippen LogP contribution is -2.47. The molecule has 3 N–H and O–H groups in total. The summed E-state index contributed by atoms with van der Waals surface area (Å²) in [5.74, 6) is -0.419. The number of carbonyl (C=O) groups is 1. The first-order valence-electron chi connectivity index (χ1n) is 20.3. The summed E-state index contributed by atoms with van der Waals surface area (Å²) in [6.07, 6.45) is 2.69. The lowest BCUT2D eigenvalue weighted by atomic mass is 9.99. The standard InChI is InChI=1S/C49H52N4O6S/c1-35-14-24-45(25-15-35)60(56,57)52-46(30-36-9-4-3-5-10-36)48(55)51-32-38-11-8-12-42(29-38)39-20-22-41(23-21-39)49-58-44(33-53(2)28-26-43-13-6-7-27-50-43)31-47(59-49)40-18-16-37(34-54)17-19-40/h3-25,27,29,44,46-47,49,52,54H,26,28,30-34H2,1-2H3,(H,51,55)/t44-,46-,47+,49+/m1/s1. The molecule has 1 aliphatic heterocycles. The number of hydrogen-bond donors (Lipinski definition) is 3. The van der Waals surface area contributed by atoms with E-state index in [1.165, 1.54) is 0 Å². The van der Waals surface area contributed by atoms with Crippen molar-refractivity contribution in [1.82, 2.24) is 19.9 Å². The predicted octanol–water partition coefficient (Wildman–Crippen LogP) is 7.48. The number of benzene rings is 5. The van der Waals surface area contributed by atoms with Crippen molar-refractivity contribution in [2.75, 3.05) is 20.1 Å². The molecule has 1 aliphatic rings. The SMILES string of the molecule is Cc1ccc(S(=O)(=O)N[C@H](Cc2ccccc2)C(=O)NCc2cccc(-c3ccc([C@H]4O[C@@H](CN(C)CCc5ccccn5)C[C@@H](c5ccc(CO)cc5)O4)cc3)c2)cc1. The Morgan fingerprint density at radius 2 is 1.52 bits per heavy atom. The van der Waals surface area contributed by atoms with Crippen molar-refractivity contribution in [3.63, 3.8) is 0 Å². The van der Waals surface area contributed by atoms with Crippen LogP contribution in [-0.4, -0.2) is 61.6 Å². The lowest BCUT2D eigenvalue weighted by Gasteiger charge is -2.38. The van der Waals surface area contributed by atoms with Crippen molar-refractivity contribution in [3.8, 4) is 11.1 Å². The Labute approximate surface area is 353 Å². The Morgan fingerprint density at radius 1 is 0.800 bits per heavy atom. The molecule has 0 saturated carbocycles. The summed E-state index contributed by atoms with van der Waals surface area (Å²) in [5.41, 5.74) is 8.44. The third-order valence-corrected chi connectivity index (χ3v) is 12.2. The highest BCUT2D eigenvalue weighted by Crippen LogP contribution is 2.38. The molecule has 1 fully saturated rings. The Kier molecular flexibility index (Phi) is 14.3. The van der Waals surface area contributed by atoms with Crippen LogP contribution in [0.4, 0.5) is 0 Å². The highest BCUT2D eigenvalue weighted by atomic mass is 32.2. The van der Waals surface area contributed by atoms with Crippen molar-refractivity contribution in [1.29, 1.82) is 0 Å². The topological polar surface area (TPSA) is 130 Å². The highest BCUT2D eigenvalue weighted by molar-refractivity contribution is 7.89. The van der Waals surface area contributed by atoms with Crippen LogP contribution < -0.4 is 10.0 Å². The average Bonchev–Trinajstić information content (AvgIpc) is 3.28. The van der Waals surface area contributed by atoms with Crippen LogP contribution in [-0.2, 0) is 50.3 Å². The number of nitrogens with zero attached hydrogens (tertiary/aromatic N) is 2. The number of sulfonamides is 1. The molecular weight excluding hydrogens is 773 g/mol. The number of likely N-dealkylation sites (N-methyl/N-ethyl adjacent to an activating group) is 1. The zero-order valence-electron chi connectivity index (χ0n) is 34.0. The van der Waals surface area contributed by atoms with E-state index in [2.05, 4.69) is 27.0 Å². The molecule has 5 aromatic carbocycles. The van der Waals surface area contributed by atoms with Gasteiger partial charge in [0.15, 0.2) is 6.29 Å². The third kappa shape index (κ3) is 11.6. The fourth-order valence-corrected chi connectivity index (χ4v) is 8.54. The number of hydrogen-bond acceptors (Lipinski definition) is 8. The van der Waals surface area contributed by atoms with E-state index in [0.29, 0.717) is 6.42 Å². The number of aliphatic hydroxyl groups excluding tert-OH is 1. The molecule has 0 unspecified atom stereocenters. The maximum Gasteiger partial charge on any atom is 0.241 e. The van der Waals surface area contributed by atoms with Gasteiger partial charge < -0.3 is 24.8 Å². The molecule has 6 aromatic rings. The number of nitrogens with one attached hydrogen (secondary N) is 2. The van der Waals surface area contributed by atoms with E-state index in [1.807, 2.05) is 134 Å². The molecule has 2 heterocycles. The lowest BCUT2D eigenvalue weighted by molar-refractivity contribution is -0.252. The fourth-order valence-electron chi connectivity index (χ4n) is 7.34. The fraction of sp³-hybridized carbons (Fsp3) is 0.265. The van der Waals surface area contributed by atoms with Crippen LogP contribution >= 0.6 is 0 Å². The van der Waals surface area contributed by atoms with E-state index in [4.69, 9.17) is 9.47 Å². The van der Waals surface area contributed by atoms with Crippen LogP contribution in [0, 0.1) is 6.92 Å². The van der Waals surface area contributed by atoms with Crippen molar-refractivity contribution >= 4 is 15.9 Å². The molecule has 7 rings (SSSR count). The van der Waals surface area contributed by atoms with Crippen LogP contribution in [0.15, 0.2) is 157 Å². The minimum atomic E-state index is -3.96. The summed E-state index contributed by atoms with van der Waals surface area (Å²) in [4.78, 5) is 20.5. The summed E-state index contributed by atoms with van der Waals surface area (Å²) in [7, 11) is -1.86. The van der Waals surface area contributed by atoms with Gasteiger partial charge in [0, 0.05) is 49.9 Å². The van der Waals surface area contributed by atoms with E-state index in [1.54, 1.807) is 24.3 Å². The smallest absolute Gasteiger partial charge is 0.241 e. The number of rotatable bonds is 17. The highest BCUT2D eigenvalue weighted by Gasteiger charge is 2.33. The Bertz CT molecular complexity index is 2400. The minimum Gasteiger partial charge on any atom is -0.392 e. The summed E-state index contributed by atoms with van der Waals surface area (Å²) in [5, 5.41) is 12.6. The molecule has 0 bridgehead atoms. The van der Waals surface area contributed by atoms with E-state index < -0.39 is 28.3 Å². The number of aromatic nitrogens is 1. The van der Waals surface area contributed by atoms with E-state index in [-0.39, 0.29) is 36.7 Å². The van der Waals surface area contributed by atoms with Crippen LogP contribution in [0.1, 0.15) is 57.9 Å². The van der Waals surface area contributed by atoms with Gasteiger partial charge in [0.05, 0.1) is 23.7 Å². The summed E-state index contributed by atoms with van der Waals surface area (Å²) in [6, 6.07) is 44.9. The number of pyridine rings is 1. The number of amides is 1. The van der Waals surface area contributed by atoms with Crippen molar-refractivity contribution in [2.45, 2.75) is 68.8 Å². The monoisotopic (exact) mass is 824 g/mol. The Hall–Kier alpha value is -5.53. The molecule has 0 aliphatic carbocycles. The molecule has 1 amide bonds. The second kappa shape index (κ2) is 20.2. The first-order chi connectivity index (χ1) is 29.1. The minimum absolute atomic E-state index is 0.0147. The third-order valence-electron chi connectivity index (χ3n) is 10.7. The molecule has 1 saturated heterocycles. The quantitative estimate of drug-likeness (QED) is 0.0864. The molecule has 1 aromatic heterocycles. The first-order valence-corrected chi connectivity index (χ1v) is 21.8. The molecule has 4 atom stereocenters. The van der Waals surface area contributed by atoms with Crippen molar-refractivity contribution in [3.05, 3.63) is 191 Å². The molecule has 0 spiro atoms. The second-order valence-electron chi connectivity index (χ2n) is 15.4.